The van der Waals surface area contributed by atoms with Gasteiger partial charge in [-0.05, 0) is 12.0 Å². The highest BCUT2D eigenvalue weighted by Crippen LogP contribution is 2.37. The Bertz CT molecular complexity index is 2240. The molecular weight excluding hydrogens is 576 g/mol. The highest BCUT2D eigenvalue weighted by atomic mass is 16.5. The average Bonchev–Trinajstić information content (AvgIpc) is 3.85. The number of aromatic amines is 3. The van der Waals surface area contributed by atoms with Crippen LogP contribution in [0, 0.1) is 0 Å². The van der Waals surface area contributed by atoms with E-state index in [9.17, 15) is 10.0 Å². The molecular formula is C29H24N14O2. The molecule has 222 valence electrons. The molecule has 7 aromatic heterocycles. The maximum absolute atomic E-state index is 12.9. The van der Waals surface area contributed by atoms with Gasteiger partial charge in [-0.2, -0.15) is 9.83 Å². The van der Waals surface area contributed by atoms with E-state index in [1.807, 2.05) is 37.3 Å². The van der Waals surface area contributed by atoms with Gasteiger partial charge in [0.05, 0.1) is 24.2 Å². The summed E-state index contributed by atoms with van der Waals surface area (Å²) in [5, 5.41) is 15.9. The van der Waals surface area contributed by atoms with Crippen molar-refractivity contribution in [3.8, 4) is 11.4 Å². The molecule has 1 aromatic carbocycles. The zero-order chi connectivity index (χ0) is 30.5. The van der Waals surface area contributed by atoms with E-state index in [-0.39, 0.29) is 17.0 Å². The van der Waals surface area contributed by atoms with Crippen LogP contribution in [0.3, 0.4) is 0 Å². The second-order valence-electron chi connectivity index (χ2n) is 10.6. The lowest BCUT2D eigenvalue weighted by atomic mass is 9.89. The van der Waals surface area contributed by atoms with Crippen LogP contribution in [0.5, 0.6) is 0 Å². The fourth-order valence-corrected chi connectivity index (χ4v) is 5.60. The molecule has 16 nitrogen and oxygen atoms in total. The van der Waals surface area contributed by atoms with E-state index >= 15 is 0 Å². The number of aromatic nitrogens is 14. The van der Waals surface area contributed by atoms with Gasteiger partial charge in [0.25, 0.3) is 5.56 Å². The molecule has 16 heteroatoms. The largest absolute Gasteiger partial charge is 0.426 e. The molecule has 0 amide bonds. The Morgan fingerprint density at radius 3 is 2.18 bits per heavy atom. The quantitative estimate of drug-likeness (QED) is 0.186. The Kier molecular flexibility index (Phi) is 5.93. The minimum absolute atomic E-state index is 0.0557. The number of nitrogens with zero attached hydrogens (tertiary/aromatic N) is 11. The van der Waals surface area contributed by atoms with Gasteiger partial charge in [-0.25, -0.2) is 39.9 Å². The Morgan fingerprint density at radius 2 is 1.53 bits per heavy atom. The van der Waals surface area contributed by atoms with Gasteiger partial charge in [0.2, 0.25) is 0 Å². The van der Waals surface area contributed by atoms with E-state index in [2.05, 4.69) is 44.9 Å². The lowest BCUT2D eigenvalue weighted by Crippen LogP contribution is -2.41. The lowest BCUT2D eigenvalue weighted by molar-refractivity contribution is 0.202. The molecule has 0 aliphatic heterocycles. The Morgan fingerprint density at radius 1 is 0.844 bits per heavy atom. The zero-order valence-corrected chi connectivity index (χ0v) is 23.7. The van der Waals surface area contributed by atoms with Gasteiger partial charge in [0.15, 0.2) is 33.8 Å². The van der Waals surface area contributed by atoms with Gasteiger partial charge in [-0.1, -0.05) is 37.3 Å². The Labute approximate surface area is 252 Å². The molecule has 8 rings (SSSR count). The minimum atomic E-state index is -1.22. The molecule has 0 unspecified atom stereocenters. The number of nitrogens with one attached hydrogen (secondary N) is 3. The van der Waals surface area contributed by atoms with Crippen molar-refractivity contribution in [2.45, 2.75) is 31.7 Å². The molecule has 45 heavy (non-hydrogen) atoms. The van der Waals surface area contributed by atoms with E-state index < -0.39 is 11.1 Å². The van der Waals surface area contributed by atoms with Gasteiger partial charge >= 0.3 is 0 Å². The molecule has 0 radical (unpaired) electrons. The number of imidazole rings is 3. The van der Waals surface area contributed by atoms with Gasteiger partial charge in [-0.3, -0.25) is 9.48 Å². The van der Waals surface area contributed by atoms with Crippen LogP contribution in [0.25, 0.3) is 44.9 Å². The fourth-order valence-electron chi connectivity index (χ4n) is 5.60. The Balaban J connectivity index is 1.38. The average molecular weight is 601 g/mol. The van der Waals surface area contributed by atoms with Crippen molar-refractivity contribution in [3.63, 3.8) is 0 Å². The second kappa shape index (κ2) is 10.1. The molecule has 0 aliphatic carbocycles. The lowest BCUT2D eigenvalue weighted by Gasteiger charge is -2.31. The number of hydrogen-bond donors (Lipinski definition) is 4. The van der Waals surface area contributed by atoms with Crippen molar-refractivity contribution < 1.29 is 5.21 Å². The first kappa shape index (κ1) is 26.3. The number of H-pyrrole nitrogens is 3. The van der Waals surface area contributed by atoms with E-state index in [4.69, 9.17) is 15.1 Å². The summed E-state index contributed by atoms with van der Waals surface area (Å²) in [6.07, 6.45) is 11.1. The van der Waals surface area contributed by atoms with Gasteiger partial charge in [-0.15, -0.1) is 0 Å². The molecule has 0 aliphatic rings. The van der Waals surface area contributed by atoms with Crippen molar-refractivity contribution in [2.24, 2.45) is 0 Å². The van der Waals surface area contributed by atoms with E-state index in [1.54, 1.807) is 29.5 Å². The summed E-state index contributed by atoms with van der Waals surface area (Å²) < 4.78 is 2.44. The number of benzene rings is 1. The van der Waals surface area contributed by atoms with Crippen LogP contribution in [0.1, 0.15) is 36.4 Å². The van der Waals surface area contributed by atoms with Crippen LogP contribution in [0.2, 0.25) is 0 Å². The monoisotopic (exact) mass is 600 g/mol. The molecule has 0 spiro atoms. The summed E-state index contributed by atoms with van der Waals surface area (Å²) in [6, 6.07) is 9.85. The first-order valence-electron chi connectivity index (χ1n) is 14.2. The maximum atomic E-state index is 12.9. The summed E-state index contributed by atoms with van der Waals surface area (Å²) in [5.74, 6) is 1.55. The number of fused-ring (bicyclic) bond motifs is 3. The van der Waals surface area contributed by atoms with Crippen LogP contribution in [-0.2, 0) is 18.4 Å². The third-order valence-corrected chi connectivity index (χ3v) is 7.68. The fraction of sp³-hybridized carbons (Fsp3) is 0.172. The van der Waals surface area contributed by atoms with Crippen LogP contribution < -0.4 is 5.56 Å². The first-order valence-corrected chi connectivity index (χ1v) is 14.2. The summed E-state index contributed by atoms with van der Waals surface area (Å²) in [4.78, 5) is 58.1. The number of hydrogen-bond acceptors (Lipinski definition) is 11. The molecule has 7 heterocycles. The van der Waals surface area contributed by atoms with Gasteiger partial charge in [0.1, 0.15) is 41.2 Å². The van der Waals surface area contributed by atoms with Crippen molar-refractivity contribution >= 4 is 33.5 Å². The molecule has 4 N–H and O–H groups in total. The van der Waals surface area contributed by atoms with Crippen LogP contribution in [0.4, 0.5) is 0 Å². The van der Waals surface area contributed by atoms with Gasteiger partial charge in [0, 0.05) is 19.0 Å². The predicted molar refractivity (Wildman–Crippen MR) is 160 cm³/mol. The predicted octanol–water partition coefficient (Wildman–Crippen LogP) is 2.54. The molecule has 0 saturated heterocycles. The van der Waals surface area contributed by atoms with Crippen LogP contribution in [-0.4, -0.2) is 74.5 Å². The summed E-state index contributed by atoms with van der Waals surface area (Å²) in [5.41, 5.74) is 1.93. The molecule has 8 aromatic rings. The second-order valence-corrected chi connectivity index (χ2v) is 10.6. The SMILES string of the molecule is CCCc1nc2nc(-c3cnn(C(Cc4ccccc4)(c4nc5ncncc5[nH]4)c4nc5ncncc5[nH]4)c3)n(O)c2c(=O)[nH]1. The smallest absolute Gasteiger partial charge is 0.280 e. The molecule has 0 saturated carbocycles. The Hall–Kier alpha value is -6.32. The minimum Gasteiger partial charge on any atom is -0.426 e. The highest BCUT2D eigenvalue weighted by molar-refractivity contribution is 5.76. The third kappa shape index (κ3) is 4.21. The van der Waals surface area contributed by atoms with Crippen molar-refractivity contribution in [1.82, 2.24) is 69.3 Å². The topological polar surface area (TPSA) is 211 Å². The normalized spacial score (nSPS) is 12.1. The van der Waals surface area contributed by atoms with E-state index in [1.165, 1.54) is 12.7 Å². The van der Waals surface area contributed by atoms with Crippen LogP contribution in [0.15, 0.2) is 72.6 Å². The summed E-state index contributed by atoms with van der Waals surface area (Å²) >= 11 is 0. The zero-order valence-electron chi connectivity index (χ0n) is 23.7. The number of aryl methyl sites for hydroxylation is 1. The number of rotatable bonds is 8. The summed E-state index contributed by atoms with van der Waals surface area (Å²) in [7, 11) is 0. The first-order chi connectivity index (χ1) is 22.0. The highest BCUT2D eigenvalue weighted by Gasteiger charge is 2.44. The van der Waals surface area contributed by atoms with Crippen molar-refractivity contribution in [1.29, 1.82) is 0 Å². The van der Waals surface area contributed by atoms with Crippen molar-refractivity contribution in [2.75, 3.05) is 0 Å². The van der Waals surface area contributed by atoms with E-state index in [0.717, 1.165) is 16.7 Å². The molecule has 0 fully saturated rings. The van der Waals surface area contributed by atoms with Crippen LogP contribution >= 0.6 is 0 Å². The summed E-state index contributed by atoms with van der Waals surface area (Å²) in [6.45, 7) is 1.99. The third-order valence-electron chi connectivity index (χ3n) is 7.68. The maximum Gasteiger partial charge on any atom is 0.280 e. The van der Waals surface area contributed by atoms with Gasteiger partial charge < -0.3 is 20.2 Å². The van der Waals surface area contributed by atoms with E-state index in [0.29, 0.717) is 58.2 Å². The van der Waals surface area contributed by atoms with Crippen molar-refractivity contribution in [3.05, 3.63) is 101 Å². The standard InChI is InChI=1S/C29H24N14O2/c1-2-6-20-37-24-21(26(44)38-20)43(45)25(39-24)17-10-34-42(13-17)29(9-16-7-4-3-5-8-16,27-35-18-11-30-14-32-22(18)40-27)28-36-19-12-31-15-33-23(19)41-28/h3-5,7-8,10-15,45H,2,6,9H2,1H3,(H,37,38,44)(H,30,32,35,40)(H,31,33,36,41). The molecule has 0 bridgehead atoms. The molecule has 0 atom stereocenters.